The Morgan fingerprint density at radius 2 is 2.12 bits per heavy atom. The lowest BCUT2D eigenvalue weighted by molar-refractivity contribution is 0.00180. The summed E-state index contributed by atoms with van der Waals surface area (Å²) in [4.78, 5) is 2.46. The van der Waals surface area contributed by atoms with Gasteiger partial charge in [-0.1, -0.05) is 0 Å². The number of likely N-dealkylation sites (tertiary alicyclic amines) is 1. The summed E-state index contributed by atoms with van der Waals surface area (Å²) in [5.74, 6) is 0.936. The number of hydrogen-bond acceptors (Lipinski definition) is 4. The Labute approximate surface area is 104 Å². The fraction of sp³-hybridized carbons (Fsp3) is 1.00. The zero-order valence-electron chi connectivity index (χ0n) is 9.90. The standard InChI is InChI=1S/C12H23NO2S/c14-8-11-2-1-5-13(11)9-12(10-16)3-6-15-7-4-12/h11,14,16H,1-10H2. The highest BCUT2D eigenvalue weighted by atomic mass is 32.1. The van der Waals surface area contributed by atoms with Crippen molar-refractivity contribution in [2.24, 2.45) is 5.41 Å². The van der Waals surface area contributed by atoms with Crippen LogP contribution >= 0.6 is 12.6 Å². The third-order valence-corrected chi connectivity index (χ3v) is 4.81. The molecule has 94 valence electrons. The van der Waals surface area contributed by atoms with Crippen LogP contribution in [0.3, 0.4) is 0 Å². The Balaban J connectivity index is 1.94. The average Bonchev–Trinajstić information content (AvgIpc) is 2.77. The van der Waals surface area contributed by atoms with E-state index in [9.17, 15) is 5.11 Å². The van der Waals surface area contributed by atoms with Gasteiger partial charge in [0.25, 0.3) is 0 Å². The van der Waals surface area contributed by atoms with Crippen molar-refractivity contribution in [1.29, 1.82) is 0 Å². The highest BCUT2D eigenvalue weighted by molar-refractivity contribution is 7.80. The maximum Gasteiger partial charge on any atom is 0.0586 e. The Hall–Kier alpha value is 0.230. The molecule has 2 heterocycles. The van der Waals surface area contributed by atoms with Crippen molar-refractivity contribution in [1.82, 2.24) is 4.90 Å². The number of rotatable bonds is 4. The molecule has 0 aromatic carbocycles. The van der Waals surface area contributed by atoms with Gasteiger partial charge in [-0.05, 0) is 43.4 Å². The molecular weight excluding hydrogens is 222 g/mol. The first-order chi connectivity index (χ1) is 7.79. The number of aliphatic hydroxyl groups excluding tert-OH is 1. The predicted molar refractivity (Wildman–Crippen MR) is 68.0 cm³/mol. The van der Waals surface area contributed by atoms with E-state index in [2.05, 4.69) is 17.5 Å². The molecule has 16 heavy (non-hydrogen) atoms. The summed E-state index contributed by atoms with van der Waals surface area (Å²) in [6.45, 7) is 4.28. The Kier molecular flexibility index (Phi) is 4.53. The monoisotopic (exact) mass is 245 g/mol. The van der Waals surface area contributed by atoms with E-state index >= 15 is 0 Å². The van der Waals surface area contributed by atoms with Gasteiger partial charge in [-0.3, -0.25) is 4.90 Å². The van der Waals surface area contributed by atoms with Gasteiger partial charge in [0.05, 0.1) is 6.61 Å². The first-order valence-corrected chi connectivity index (χ1v) is 6.96. The van der Waals surface area contributed by atoms with Crippen LogP contribution in [-0.4, -0.2) is 54.7 Å². The normalized spacial score (nSPS) is 30.8. The third-order valence-electron chi connectivity index (χ3n) is 4.14. The number of ether oxygens (including phenoxy) is 1. The van der Waals surface area contributed by atoms with Gasteiger partial charge in [0.15, 0.2) is 0 Å². The summed E-state index contributed by atoms with van der Waals surface area (Å²) in [5, 5.41) is 9.34. The van der Waals surface area contributed by atoms with Gasteiger partial charge < -0.3 is 9.84 Å². The molecular formula is C12H23NO2S. The lowest BCUT2D eigenvalue weighted by Gasteiger charge is -2.40. The molecule has 2 fully saturated rings. The first kappa shape index (κ1) is 12.7. The van der Waals surface area contributed by atoms with Gasteiger partial charge in [-0.2, -0.15) is 12.6 Å². The van der Waals surface area contributed by atoms with Crippen molar-refractivity contribution in [3.8, 4) is 0 Å². The van der Waals surface area contributed by atoms with Gasteiger partial charge in [0, 0.05) is 25.8 Å². The molecule has 3 nitrogen and oxygen atoms in total. The molecule has 0 aliphatic carbocycles. The summed E-state index contributed by atoms with van der Waals surface area (Å²) in [7, 11) is 0. The van der Waals surface area contributed by atoms with Crippen LogP contribution in [0, 0.1) is 5.41 Å². The second kappa shape index (κ2) is 5.71. The largest absolute Gasteiger partial charge is 0.395 e. The molecule has 0 aromatic heterocycles. The molecule has 2 aliphatic rings. The fourth-order valence-electron chi connectivity index (χ4n) is 2.91. The zero-order valence-corrected chi connectivity index (χ0v) is 10.8. The highest BCUT2D eigenvalue weighted by Crippen LogP contribution is 2.34. The topological polar surface area (TPSA) is 32.7 Å². The number of hydrogen-bond donors (Lipinski definition) is 2. The summed E-state index contributed by atoms with van der Waals surface area (Å²) in [5.41, 5.74) is 0.319. The van der Waals surface area contributed by atoms with Crippen LogP contribution < -0.4 is 0 Å². The quantitative estimate of drug-likeness (QED) is 0.729. The second-order valence-corrected chi connectivity index (χ2v) is 5.54. The van der Waals surface area contributed by atoms with Crippen molar-refractivity contribution in [2.75, 3.05) is 38.7 Å². The molecule has 1 atom stereocenters. The van der Waals surface area contributed by atoms with Crippen LogP contribution in [0.5, 0.6) is 0 Å². The van der Waals surface area contributed by atoms with Crippen LogP contribution in [0.1, 0.15) is 25.7 Å². The van der Waals surface area contributed by atoms with Crippen molar-refractivity contribution in [2.45, 2.75) is 31.7 Å². The number of thiol groups is 1. The SMILES string of the molecule is OCC1CCCN1CC1(CS)CCOCC1. The molecule has 0 aromatic rings. The van der Waals surface area contributed by atoms with E-state index < -0.39 is 0 Å². The molecule has 0 radical (unpaired) electrons. The molecule has 2 rings (SSSR count). The maximum atomic E-state index is 9.34. The molecule has 0 saturated carbocycles. The van der Waals surface area contributed by atoms with Gasteiger partial charge >= 0.3 is 0 Å². The number of aliphatic hydroxyl groups is 1. The Morgan fingerprint density at radius 3 is 2.75 bits per heavy atom. The van der Waals surface area contributed by atoms with E-state index in [-0.39, 0.29) is 0 Å². The minimum absolute atomic E-state index is 0.305. The minimum Gasteiger partial charge on any atom is -0.395 e. The second-order valence-electron chi connectivity index (χ2n) is 5.22. The van der Waals surface area contributed by atoms with Gasteiger partial charge in [-0.15, -0.1) is 0 Å². The smallest absolute Gasteiger partial charge is 0.0586 e. The van der Waals surface area contributed by atoms with Crippen LogP contribution in [0.25, 0.3) is 0 Å². The molecule has 0 amide bonds. The molecule has 0 spiro atoms. The summed E-state index contributed by atoms with van der Waals surface area (Å²) in [6, 6.07) is 0.389. The van der Waals surface area contributed by atoms with Gasteiger partial charge in [0.2, 0.25) is 0 Å². The third kappa shape index (κ3) is 2.73. The highest BCUT2D eigenvalue weighted by Gasteiger charge is 2.36. The maximum absolute atomic E-state index is 9.34. The van der Waals surface area contributed by atoms with Crippen LogP contribution in [-0.2, 0) is 4.74 Å². The number of nitrogens with zero attached hydrogens (tertiary/aromatic N) is 1. The van der Waals surface area contributed by atoms with Crippen molar-refractivity contribution < 1.29 is 9.84 Å². The average molecular weight is 245 g/mol. The van der Waals surface area contributed by atoms with E-state index in [0.29, 0.717) is 18.1 Å². The van der Waals surface area contributed by atoms with Crippen LogP contribution in [0.2, 0.25) is 0 Å². The van der Waals surface area contributed by atoms with E-state index in [1.165, 1.54) is 6.42 Å². The van der Waals surface area contributed by atoms with Crippen molar-refractivity contribution >= 4 is 12.6 Å². The molecule has 1 N–H and O–H groups in total. The molecule has 1 unspecified atom stereocenters. The van der Waals surface area contributed by atoms with Gasteiger partial charge in [0.1, 0.15) is 0 Å². The summed E-state index contributed by atoms with van der Waals surface area (Å²) >= 11 is 4.54. The van der Waals surface area contributed by atoms with Gasteiger partial charge in [-0.25, -0.2) is 0 Å². The molecule has 2 aliphatic heterocycles. The Morgan fingerprint density at radius 1 is 1.38 bits per heavy atom. The summed E-state index contributed by atoms with van der Waals surface area (Å²) in [6.07, 6.45) is 4.61. The minimum atomic E-state index is 0.305. The zero-order chi connectivity index (χ0) is 11.4. The van der Waals surface area contributed by atoms with E-state index in [0.717, 1.165) is 51.3 Å². The van der Waals surface area contributed by atoms with Crippen LogP contribution in [0.15, 0.2) is 0 Å². The van der Waals surface area contributed by atoms with Crippen molar-refractivity contribution in [3.05, 3.63) is 0 Å². The lowest BCUT2D eigenvalue weighted by Crippen LogP contribution is -2.45. The Bertz CT molecular complexity index is 219. The predicted octanol–water partition coefficient (Wildman–Crippen LogP) is 1.17. The fourth-order valence-corrected chi connectivity index (χ4v) is 3.33. The van der Waals surface area contributed by atoms with E-state index in [1.54, 1.807) is 0 Å². The van der Waals surface area contributed by atoms with E-state index in [1.807, 2.05) is 0 Å². The lowest BCUT2D eigenvalue weighted by atomic mass is 9.81. The molecule has 4 heteroatoms. The summed E-state index contributed by atoms with van der Waals surface area (Å²) < 4.78 is 5.44. The molecule has 2 saturated heterocycles. The molecule has 0 bridgehead atoms. The first-order valence-electron chi connectivity index (χ1n) is 6.33. The van der Waals surface area contributed by atoms with E-state index in [4.69, 9.17) is 4.74 Å². The van der Waals surface area contributed by atoms with Crippen molar-refractivity contribution in [3.63, 3.8) is 0 Å². The van der Waals surface area contributed by atoms with Crippen LogP contribution in [0.4, 0.5) is 0 Å².